The summed E-state index contributed by atoms with van der Waals surface area (Å²) in [6.45, 7) is 6.91. The average Bonchev–Trinajstić information content (AvgIpc) is 2.77. The molecule has 3 nitrogen and oxygen atoms in total. The van der Waals surface area contributed by atoms with Crippen LogP contribution in [-0.4, -0.2) is 17.0 Å². The number of halogens is 2. The lowest BCUT2D eigenvalue weighted by Gasteiger charge is -2.21. The molecule has 0 aromatic carbocycles. The van der Waals surface area contributed by atoms with Crippen molar-refractivity contribution >= 4 is 44.7 Å². The SMILES string of the molecule is Cc1c(Cl)nc(C(C)C)nc1N(C)Cc1cc(Br)cs1. The highest BCUT2D eigenvalue weighted by molar-refractivity contribution is 9.10. The minimum atomic E-state index is 0.260. The molecular weight excluding hydrogens is 358 g/mol. The van der Waals surface area contributed by atoms with E-state index in [0.29, 0.717) is 5.15 Å². The molecule has 0 saturated heterocycles. The molecule has 0 amide bonds. The fraction of sp³-hybridized carbons (Fsp3) is 0.429. The fourth-order valence-corrected chi connectivity index (χ4v) is 3.54. The first-order valence-corrected chi connectivity index (χ1v) is 8.41. The van der Waals surface area contributed by atoms with Crippen molar-refractivity contribution in [3.63, 3.8) is 0 Å². The van der Waals surface area contributed by atoms with Crippen LogP contribution in [0.4, 0.5) is 5.82 Å². The van der Waals surface area contributed by atoms with E-state index in [1.165, 1.54) is 4.88 Å². The van der Waals surface area contributed by atoms with Crippen LogP contribution in [0, 0.1) is 6.92 Å². The zero-order valence-electron chi connectivity index (χ0n) is 11.9. The van der Waals surface area contributed by atoms with Crippen LogP contribution in [0.1, 0.15) is 36.0 Å². The van der Waals surface area contributed by atoms with Gasteiger partial charge in [0.1, 0.15) is 16.8 Å². The highest BCUT2D eigenvalue weighted by Crippen LogP contribution is 2.28. The summed E-state index contributed by atoms with van der Waals surface area (Å²) in [6, 6.07) is 2.13. The monoisotopic (exact) mass is 373 g/mol. The van der Waals surface area contributed by atoms with Gasteiger partial charge in [0.15, 0.2) is 0 Å². The number of anilines is 1. The second-order valence-corrected chi connectivity index (χ2v) is 7.33. The molecule has 0 N–H and O–H groups in total. The summed E-state index contributed by atoms with van der Waals surface area (Å²) in [5.74, 6) is 1.95. The van der Waals surface area contributed by atoms with Crippen molar-refractivity contribution in [2.24, 2.45) is 0 Å². The molecule has 0 unspecified atom stereocenters. The molecule has 2 aromatic rings. The topological polar surface area (TPSA) is 29.0 Å². The molecule has 2 heterocycles. The van der Waals surface area contributed by atoms with Gasteiger partial charge in [0.25, 0.3) is 0 Å². The van der Waals surface area contributed by atoms with E-state index in [1.807, 2.05) is 14.0 Å². The number of hydrogen-bond donors (Lipinski definition) is 0. The third-order valence-electron chi connectivity index (χ3n) is 2.97. The van der Waals surface area contributed by atoms with E-state index in [2.05, 4.69) is 56.1 Å². The van der Waals surface area contributed by atoms with Crippen LogP contribution >= 0.6 is 38.9 Å². The molecule has 0 radical (unpaired) electrons. The van der Waals surface area contributed by atoms with Crippen LogP contribution in [0.3, 0.4) is 0 Å². The highest BCUT2D eigenvalue weighted by Gasteiger charge is 2.15. The molecule has 2 rings (SSSR count). The Labute approximate surface area is 137 Å². The molecule has 0 aliphatic carbocycles. The van der Waals surface area contributed by atoms with Gasteiger partial charge >= 0.3 is 0 Å². The van der Waals surface area contributed by atoms with Gasteiger partial charge in [-0.3, -0.25) is 0 Å². The summed E-state index contributed by atoms with van der Waals surface area (Å²) in [5, 5.41) is 2.63. The normalized spacial score (nSPS) is 11.2. The van der Waals surface area contributed by atoms with Gasteiger partial charge in [-0.15, -0.1) is 11.3 Å². The third kappa shape index (κ3) is 3.51. The zero-order chi connectivity index (χ0) is 14.9. The largest absolute Gasteiger partial charge is 0.354 e. The van der Waals surface area contributed by atoms with Gasteiger partial charge in [0.05, 0.1) is 6.54 Å². The Kier molecular flexibility index (Phi) is 5.04. The van der Waals surface area contributed by atoms with Gasteiger partial charge in [-0.2, -0.15) is 0 Å². The Bertz CT molecular complexity index is 612. The van der Waals surface area contributed by atoms with Gasteiger partial charge < -0.3 is 4.90 Å². The molecule has 6 heteroatoms. The molecule has 0 aliphatic rings. The first-order valence-electron chi connectivity index (χ1n) is 6.36. The van der Waals surface area contributed by atoms with Crippen LogP contribution in [-0.2, 0) is 6.54 Å². The fourth-order valence-electron chi connectivity index (χ4n) is 1.87. The van der Waals surface area contributed by atoms with Gasteiger partial charge in [-0.25, -0.2) is 9.97 Å². The molecular formula is C14H17BrClN3S. The quantitative estimate of drug-likeness (QED) is 0.703. The molecule has 0 bridgehead atoms. The predicted octanol–water partition coefficient (Wildman–Crippen LogP) is 5.02. The van der Waals surface area contributed by atoms with Crippen LogP contribution in [0.15, 0.2) is 15.9 Å². The first-order chi connectivity index (χ1) is 9.38. The number of rotatable bonds is 4. The van der Waals surface area contributed by atoms with E-state index in [4.69, 9.17) is 11.6 Å². The Morgan fingerprint density at radius 2 is 2.10 bits per heavy atom. The highest BCUT2D eigenvalue weighted by atomic mass is 79.9. The lowest BCUT2D eigenvalue weighted by Crippen LogP contribution is -2.20. The van der Waals surface area contributed by atoms with E-state index in [9.17, 15) is 0 Å². The maximum absolute atomic E-state index is 6.23. The van der Waals surface area contributed by atoms with Crippen molar-refractivity contribution < 1.29 is 0 Å². The first kappa shape index (κ1) is 15.7. The Hall–Kier alpha value is -0.650. The number of thiophene rings is 1. The summed E-state index contributed by atoms with van der Waals surface area (Å²) >= 11 is 11.4. The summed E-state index contributed by atoms with van der Waals surface area (Å²) < 4.78 is 1.12. The minimum Gasteiger partial charge on any atom is -0.354 e. The molecule has 20 heavy (non-hydrogen) atoms. The van der Waals surface area contributed by atoms with Crippen molar-refractivity contribution in [1.29, 1.82) is 0 Å². The summed E-state index contributed by atoms with van der Waals surface area (Å²) in [7, 11) is 2.03. The molecule has 0 saturated carbocycles. The second-order valence-electron chi connectivity index (χ2n) is 5.06. The van der Waals surface area contributed by atoms with E-state index in [0.717, 1.165) is 28.2 Å². The van der Waals surface area contributed by atoms with Gasteiger partial charge in [0, 0.05) is 33.3 Å². The van der Waals surface area contributed by atoms with E-state index >= 15 is 0 Å². The Balaban J connectivity index is 2.30. The molecule has 108 valence electrons. The van der Waals surface area contributed by atoms with Gasteiger partial charge in [-0.05, 0) is 28.9 Å². The Morgan fingerprint density at radius 3 is 2.65 bits per heavy atom. The van der Waals surface area contributed by atoms with Crippen LogP contribution in [0.5, 0.6) is 0 Å². The van der Waals surface area contributed by atoms with E-state index < -0.39 is 0 Å². The average molecular weight is 375 g/mol. The standard InChI is InChI=1S/C14H17BrClN3S/c1-8(2)13-17-12(16)9(3)14(18-13)19(4)6-11-5-10(15)7-20-11/h5,7-8H,6H2,1-4H3. The third-order valence-corrected chi connectivity index (χ3v) is 5.02. The van der Waals surface area contributed by atoms with Crippen molar-refractivity contribution in [2.45, 2.75) is 33.2 Å². The number of aromatic nitrogens is 2. The van der Waals surface area contributed by atoms with E-state index in [1.54, 1.807) is 11.3 Å². The van der Waals surface area contributed by atoms with Crippen LogP contribution < -0.4 is 4.90 Å². The van der Waals surface area contributed by atoms with Crippen molar-refractivity contribution in [1.82, 2.24) is 9.97 Å². The maximum atomic E-state index is 6.23. The molecule has 2 aromatic heterocycles. The summed E-state index contributed by atoms with van der Waals surface area (Å²) in [4.78, 5) is 12.4. The van der Waals surface area contributed by atoms with Crippen molar-refractivity contribution in [2.75, 3.05) is 11.9 Å². The number of hydrogen-bond acceptors (Lipinski definition) is 4. The van der Waals surface area contributed by atoms with E-state index in [-0.39, 0.29) is 5.92 Å². The summed E-state index contributed by atoms with van der Waals surface area (Å²) in [6.07, 6.45) is 0. The molecule has 0 fully saturated rings. The van der Waals surface area contributed by atoms with Crippen molar-refractivity contribution in [3.05, 3.63) is 37.3 Å². The predicted molar refractivity (Wildman–Crippen MR) is 90.0 cm³/mol. The van der Waals surface area contributed by atoms with Crippen molar-refractivity contribution in [3.8, 4) is 0 Å². The van der Waals surface area contributed by atoms with Gasteiger partial charge in [-0.1, -0.05) is 25.4 Å². The van der Waals surface area contributed by atoms with Crippen LogP contribution in [0.2, 0.25) is 5.15 Å². The molecule has 0 atom stereocenters. The smallest absolute Gasteiger partial charge is 0.137 e. The molecule has 0 spiro atoms. The Morgan fingerprint density at radius 1 is 1.40 bits per heavy atom. The summed E-state index contributed by atoms with van der Waals surface area (Å²) in [5.41, 5.74) is 0.925. The number of nitrogens with zero attached hydrogens (tertiary/aromatic N) is 3. The van der Waals surface area contributed by atoms with Crippen LogP contribution in [0.25, 0.3) is 0 Å². The minimum absolute atomic E-state index is 0.260. The lowest BCUT2D eigenvalue weighted by atomic mass is 10.2. The van der Waals surface area contributed by atoms with Gasteiger partial charge in [0.2, 0.25) is 0 Å². The maximum Gasteiger partial charge on any atom is 0.137 e. The molecule has 0 aliphatic heterocycles. The second kappa shape index (κ2) is 6.41. The zero-order valence-corrected chi connectivity index (χ0v) is 15.1. The lowest BCUT2D eigenvalue weighted by molar-refractivity contribution is 0.759.